The number of hydrogen-bond acceptors (Lipinski definition) is 3. The van der Waals surface area contributed by atoms with Gasteiger partial charge in [-0.25, -0.2) is 9.97 Å². The van der Waals surface area contributed by atoms with Crippen LogP contribution in [0, 0.1) is 0 Å². The zero-order valence-corrected chi connectivity index (χ0v) is 24.6. The van der Waals surface area contributed by atoms with Crippen LogP contribution in [-0.4, -0.2) is 19.1 Å². The number of fused-ring (bicyclic) bond motifs is 9. The summed E-state index contributed by atoms with van der Waals surface area (Å²) in [6.45, 7) is 0. The van der Waals surface area contributed by atoms with Crippen LogP contribution in [-0.2, 0) is 0 Å². The second-order valence-corrected chi connectivity index (χ2v) is 12.2. The Morgan fingerprint density at radius 3 is 1.60 bits per heavy atom. The maximum absolute atomic E-state index is 9.38. The fourth-order valence-electron chi connectivity index (χ4n) is 6.79. The molecule has 10 aromatic rings. The van der Waals surface area contributed by atoms with Crippen molar-refractivity contribution in [1.29, 1.82) is 0 Å². The lowest BCUT2D eigenvalue weighted by atomic mass is 10.1. The smallest absolute Gasteiger partial charge is 0.164 e. The van der Waals surface area contributed by atoms with Gasteiger partial charge in [0.15, 0.2) is 11.6 Å². The number of hydrogen-bond donors (Lipinski definition) is 0. The Labute approximate surface area is 267 Å². The number of aromatic nitrogens is 4. The minimum atomic E-state index is -0.332. The summed E-state index contributed by atoms with van der Waals surface area (Å²) < 4.78 is 42.4. The molecule has 0 N–H and O–H groups in total. The van der Waals surface area contributed by atoms with E-state index in [9.17, 15) is 2.74 Å². The fourth-order valence-corrected chi connectivity index (χ4v) is 7.91. The molecule has 0 amide bonds. The van der Waals surface area contributed by atoms with E-state index in [0.29, 0.717) is 11.5 Å². The molecule has 4 nitrogen and oxygen atoms in total. The van der Waals surface area contributed by atoms with Crippen molar-refractivity contribution >= 4 is 75.3 Å². The van der Waals surface area contributed by atoms with Crippen molar-refractivity contribution in [3.05, 3.63) is 145 Å². The quantitative estimate of drug-likeness (QED) is 0.203. The Hall–Kier alpha value is -5.78. The molecule has 210 valence electrons. The van der Waals surface area contributed by atoms with Crippen molar-refractivity contribution in [3.63, 3.8) is 0 Å². The van der Waals surface area contributed by atoms with Crippen molar-refractivity contribution in [2.24, 2.45) is 0 Å². The minimum Gasteiger partial charge on any atom is -0.309 e. The van der Waals surface area contributed by atoms with Crippen LogP contribution in [0.1, 0.15) is 5.48 Å². The molecule has 0 spiro atoms. The van der Waals surface area contributed by atoms with Gasteiger partial charge in [-0.3, -0.25) is 4.57 Å². The highest BCUT2D eigenvalue weighted by molar-refractivity contribution is 7.26. The highest BCUT2D eigenvalue weighted by Crippen LogP contribution is 2.41. The third-order valence-electron chi connectivity index (χ3n) is 8.69. The molecular formula is C40H24N4S. The van der Waals surface area contributed by atoms with Crippen molar-refractivity contribution in [2.45, 2.75) is 0 Å². The molecule has 0 saturated carbocycles. The van der Waals surface area contributed by atoms with E-state index in [1.807, 2.05) is 89.5 Å². The molecule has 5 heteroatoms. The van der Waals surface area contributed by atoms with E-state index in [-0.39, 0.29) is 35.6 Å². The van der Waals surface area contributed by atoms with E-state index < -0.39 is 0 Å². The zero-order valence-electron chi connectivity index (χ0n) is 27.7. The third kappa shape index (κ3) is 3.47. The normalized spacial score (nSPS) is 13.2. The molecule has 0 saturated heterocycles. The summed E-state index contributed by atoms with van der Waals surface area (Å²) in [7, 11) is 0. The lowest BCUT2D eigenvalue weighted by Crippen LogP contribution is -2.04. The van der Waals surface area contributed by atoms with Gasteiger partial charge in [-0.2, -0.15) is 0 Å². The molecular weight excluding hydrogens is 569 g/mol. The van der Waals surface area contributed by atoms with Crippen LogP contribution < -0.4 is 0 Å². The molecule has 0 bridgehead atoms. The molecule has 0 atom stereocenters. The Balaban J connectivity index is 1.41. The molecule has 45 heavy (non-hydrogen) atoms. The molecule has 0 aliphatic carbocycles. The van der Waals surface area contributed by atoms with Gasteiger partial charge >= 0.3 is 0 Å². The summed E-state index contributed by atoms with van der Waals surface area (Å²) in [5, 5.41) is 5.14. The highest BCUT2D eigenvalue weighted by Gasteiger charge is 2.22. The lowest BCUT2D eigenvalue weighted by molar-refractivity contribution is 1.07. The molecule has 6 aromatic carbocycles. The third-order valence-corrected chi connectivity index (χ3v) is 9.84. The van der Waals surface area contributed by atoms with Crippen molar-refractivity contribution in [1.82, 2.24) is 19.1 Å². The molecule has 0 aliphatic heterocycles. The maximum Gasteiger partial charge on any atom is 0.164 e. The van der Waals surface area contributed by atoms with Crippen LogP contribution >= 0.6 is 11.3 Å². The Kier molecular flexibility index (Phi) is 4.37. The SMILES string of the molecule is [2H]c1c([2H])c([2H])c(-n2c3ccccc3c3ccccc32)c(-c2nc(-n3c4ccccc4c4ccccc43)c3sc4ccccc4c3n2)c1[2H]. The highest BCUT2D eigenvalue weighted by atomic mass is 32.1. The van der Waals surface area contributed by atoms with E-state index in [1.165, 1.54) is 0 Å². The maximum atomic E-state index is 9.38. The average Bonchev–Trinajstić information content (AvgIpc) is 3.80. The van der Waals surface area contributed by atoms with Gasteiger partial charge in [-0.05, 0) is 42.4 Å². The van der Waals surface area contributed by atoms with Gasteiger partial charge in [0.05, 0.1) is 43.5 Å². The summed E-state index contributed by atoms with van der Waals surface area (Å²) in [5.74, 6) is 0.899. The van der Waals surface area contributed by atoms with Crippen LogP contribution in [0.15, 0.2) is 145 Å². The number of thiophene rings is 1. The van der Waals surface area contributed by atoms with Crippen LogP contribution in [0.4, 0.5) is 0 Å². The first-order valence-corrected chi connectivity index (χ1v) is 15.6. The Morgan fingerprint density at radius 1 is 0.511 bits per heavy atom. The first-order chi connectivity index (χ1) is 24.0. The lowest BCUT2D eigenvalue weighted by Gasteiger charge is -2.15. The van der Waals surface area contributed by atoms with Gasteiger partial charge in [-0.15, -0.1) is 11.3 Å². The molecule has 4 aromatic heterocycles. The first kappa shape index (κ1) is 21.0. The molecule has 10 rings (SSSR count). The standard InChI is InChI=1S/C40H24N4S/c1-7-19-31-25(13-1)26-14-2-8-20-32(26)43(31)35-23-11-5-17-29(35)39-41-37-30-18-6-12-24-36(30)45-38(37)40(42-39)44-33-21-9-3-15-27(33)28-16-4-10-22-34(28)44/h1-24H/i5D,11D,17D,23D. The number of para-hydroxylation sites is 5. The van der Waals surface area contributed by atoms with Crippen LogP contribution in [0.2, 0.25) is 0 Å². The molecule has 0 fully saturated rings. The van der Waals surface area contributed by atoms with Gasteiger partial charge in [0, 0.05) is 37.2 Å². The van der Waals surface area contributed by atoms with Gasteiger partial charge in [0.2, 0.25) is 0 Å². The Bertz CT molecular complexity index is 2900. The second-order valence-electron chi connectivity index (χ2n) is 11.1. The summed E-state index contributed by atoms with van der Waals surface area (Å²) in [5.41, 5.74) is 4.95. The minimum absolute atomic E-state index is 0.153. The topological polar surface area (TPSA) is 35.6 Å². The first-order valence-electron chi connectivity index (χ1n) is 16.8. The zero-order chi connectivity index (χ0) is 33.0. The summed E-state index contributed by atoms with van der Waals surface area (Å²) in [6, 6.07) is 39.6. The summed E-state index contributed by atoms with van der Waals surface area (Å²) >= 11 is 1.62. The van der Waals surface area contributed by atoms with Gasteiger partial charge in [0.25, 0.3) is 0 Å². The van der Waals surface area contributed by atoms with E-state index >= 15 is 0 Å². The predicted molar refractivity (Wildman–Crippen MR) is 189 cm³/mol. The van der Waals surface area contributed by atoms with E-state index in [4.69, 9.17) is 12.7 Å². The molecule has 0 radical (unpaired) electrons. The second kappa shape index (κ2) is 9.36. The monoisotopic (exact) mass is 596 g/mol. The van der Waals surface area contributed by atoms with Crippen molar-refractivity contribution in [2.75, 3.05) is 0 Å². The van der Waals surface area contributed by atoms with Gasteiger partial charge < -0.3 is 4.57 Å². The fraction of sp³-hybridized carbons (Fsp3) is 0. The summed E-state index contributed by atoms with van der Waals surface area (Å²) in [4.78, 5) is 10.5. The van der Waals surface area contributed by atoms with E-state index in [2.05, 4.69) is 41.0 Å². The molecule has 0 aliphatic rings. The number of benzene rings is 6. The largest absolute Gasteiger partial charge is 0.309 e. The van der Waals surface area contributed by atoms with Crippen molar-refractivity contribution < 1.29 is 5.48 Å². The number of nitrogens with zero attached hydrogens (tertiary/aromatic N) is 4. The average molecular weight is 597 g/mol. The van der Waals surface area contributed by atoms with Crippen molar-refractivity contribution in [3.8, 4) is 22.9 Å². The summed E-state index contributed by atoms with van der Waals surface area (Å²) in [6.07, 6.45) is 0. The van der Waals surface area contributed by atoms with Gasteiger partial charge in [0.1, 0.15) is 0 Å². The van der Waals surface area contributed by atoms with Crippen LogP contribution in [0.5, 0.6) is 0 Å². The van der Waals surface area contributed by atoms with E-state index in [1.54, 1.807) is 11.3 Å². The predicted octanol–water partition coefficient (Wildman–Crippen LogP) is 10.7. The van der Waals surface area contributed by atoms with Crippen LogP contribution in [0.3, 0.4) is 0 Å². The Morgan fingerprint density at radius 2 is 1.00 bits per heavy atom. The van der Waals surface area contributed by atoms with Crippen LogP contribution in [0.25, 0.3) is 86.8 Å². The van der Waals surface area contributed by atoms with E-state index in [0.717, 1.165) is 63.9 Å². The molecule has 0 unspecified atom stereocenters. The molecule has 4 heterocycles. The number of rotatable bonds is 3. The van der Waals surface area contributed by atoms with Gasteiger partial charge in [-0.1, -0.05) is 103 Å².